The molecule has 0 radical (unpaired) electrons. The maximum Gasteiger partial charge on any atom is 0.359 e. The van der Waals surface area contributed by atoms with Gasteiger partial charge in [0.25, 0.3) is 0 Å². The van der Waals surface area contributed by atoms with Crippen LogP contribution in [-0.4, -0.2) is 19.1 Å². The van der Waals surface area contributed by atoms with Gasteiger partial charge >= 0.3 is 16.3 Å². The zero-order valence-corrected chi connectivity index (χ0v) is 10.2. The Morgan fingerprint density at radius 2 is 1.93 bits per heavy atom. The summed E-state index contributed by atoms with van der Waals surface area (Å²) in [6, 6.07) is 0. The van der Waals surface area contributed by atoms with Gasteiger partial charge in [-0.05, 0) is 6.92 Å². The first-order chi connectivity index (χ1) is 6.40. The van der Waals surface area contributed by atoms with E-state index in [1.165, 1.54) is 6.92 Å². The highest BCUT2D eigenvalue weighted by Gasteiger charge is 2.41. The summed E-state index contributed by atoms with van der Waals surface area (Å²) in [6.07, 6.45) is 0. The fourth-order valence-corrected chi connectivity index (χ4v) is 3.19. The van der Waals surface area contributed by atoms with Crippen molar-refractivity contribution >= 4 is 16.3 Å². The molecule has 1 heterocycles. The second-order valence-electron chi connectivity index (χ2n) is 4.03. The van der Waals surface area contributed by atoms with E-state index in [-0.39, 0.29) is 5.41 Å². The molecule has 1 fully saturated rings. The molecule has 1 atom stereocenters. The lowest BCUT2D eigenvalue weighted by Gasteiger charge is -2.35. The second-order valence-corrected chi connectivity index (χ2v) is 6.71. The molecule has 0 aromatic carbocycles. The lowest BCUT2D eigenvalue weighted by atomic mass is 9.97. The molecule has 0 N–H and O–H groups in total. The molecule has 1 saturated heterocycles. The smallest absolute Gasteiger partial charge is 0.306 e. The monoisotopic (exact) mass is 240 g/mol. The zero-order valence-electron chi connectivity index (χ0n) is 8.43. The summed E-state index contributed by atoms with van der Waals surface area (Å²) in [6.45, 7) is 6.13. The van der Waals surface area contributed by atoms with E-state index in [1.807, 2.05) is 13.8 Å². The predicted molar refractivity (Wildman–Crippen MR) is 51.4 cm³/mol. The van der Waals surface area contributed by atoms with Gasteiger partial charge in [0, 0.05) is 5.41 Å². The van der Waals surface area contributed by atoms with Gasteiger partial charge in [0.15, 0.2) is 5.85 Å². The van der Waals surface area contributed by atoms with Gasteiger partial charge < -0.3 is 9.05 Å². The Bertz CT molecular complexity index is 251. The molecule has 1 aliphatic heterocycles. The minimum atomic E-state index is -3.23. The largest absolute Gasteiger partial charge is 0.359 e. The molecule has 0 bridgehead atoms. The van der Waals surface area contributed by atoms with Crippen LogP contribution in [0.1, 0.15) is 20.8 Å². The average molecular weight is 240 g/mol. The van der Waals surface area contributed by atoms with E-state index in [4.69, 9.17) is 9.05 Å². The van der Waals surface area contributed by atoms with Crippen molar-refractivity contribution in [2.75, 3.05) is 13.2 Å². The van der Waals surface area contributed by atoms with Crippen LogP contribution < -0.4 is 0 Å². The van der Waals surface area contributed by atoms with E-state index in [2.05, 4.69) is 4.52 Å². The maximum absolute atomic E-state index is 11.9. The summed E-state index contributed by atoms with van der Waals surface area (Å²) in [7, 11) is -3.75. The summed E-state index contributed by atoms with van der Waals surface area (Å²) in [5.74, 6) is -0.794. The summed E-state index contributed by atoms with van der Waals surface area (Å²) in [4.78, 5) is 0. The SMILES string of the molecule is CC(OP=O)P1(=O)OCC(C)(C)CO1. The highest BCUT2D eigenvalue weighted by atomic mass is 31.2. The van der Waals surface area contributed by atoms with Crippen LogP contribution in [0.5, 0.6) is 0 Å². The highest BCUT2D eigenvalue weighted by Crippen LogP contribution is 2.58. The molecular formula is C7H14O5P2. The van der Waals surface area contributed by atoms with Crippen LogP contribution >= 0.6 is 16.3 Å². The minimum Gasteiger partial charge on any atom is -0.306 e. The van der Waals surface area contributed by atoms with E-state index in [1.54, 1.807) is 0 Å². The normalized spacial score (nSPS) is 27.4. The minimum absolute atomic E-state index is 0.136. The topological polar surface area (TPSA) is 61.8 Å². The first-order valence-electron chi connectivity index (χ1n) is 4.27. The zero-order chi connectivity index (χ0) is 10.8. The standard InChI is InChI=1S/C7H14O5P2/c1-6(12-13-8)14(9)10-4-7(2,3)5-11-14/h6H,4-5H2,1-3H3. The molecule has 14 heavy (non-hydrogen) atoms. The van der Waals surface area contributed by atoms with Gasteiger partial charge in [0.2, 0.25) is 0 Å². The molecule has 1 rings (SSSR count). The van der Waals surface area contributed by atoms with Gasteiger partial charge in [-0.2, -0.15) is 0 Å². The molecule has 0 aromatic heterocycles. The molecule has 0 spiro atoms. The van der Waals surface area contributed by atoms with Crippen LogP contribution in [-0.2, 0) is 22.7 Å². The molecule has 1 aliphatic rings. The van der Waals surface area contributed by atoms with Crippen molar-refractivity contribution in [1.29, 1.82) is 0 Å². The fraction of sp³-hybridized carbons (Fsp3) is 1.00. The number of hydrogen-bond acceptors (Lipinski definition) is 5. The first-order valence-corrected chi connectivity index (χ1v) is 6.61. The van der Waals surface area contributed by atoms with Crippen LogP contribution in [0.3, 0.4) is 0 Å². The van der Waals surface area contributed by atoms with E-state index in [0.29, 0.717) is 13.2 Å². The Morgan fingerprint density at radius 3 is 2.36 bits per heavy atom. The van der Waals surface area contributed by atoms with Crippen molar-refractivity contribution in [2.24, 2.45) is 5.41 Å². The van der Waals surface area contributed by atoms with Crippen molar-refractivity contribution in [2.45, 2.75) is 26.6 Å². The average Bonchev–Trinajstić information content (AvgIpc) is 2.11. The molecule has 1 unspecified atom stereocenters. The van der Waals surface area contributed by atoms with Crippen LogP contribution in [0.15, 0.2) is 0 Å². The van der Waals surface area contributed by atoms with Crippen molar-refractivity contribution in [3.05, 3.63) is 0 Å². The Kier molecular flexibility index (Phi) is 3.84. The lowest BCUT2D eigenvalue weighted by molar-refractivity contribution is 0.0288. The van der Waals surface area contributed by atoms with E-state index in [9.17, 15) is 9.13 Å². The predicted octanol–water partition coefficient (Wildman–Crippen LogP) is 2.82. The van der Waals surface area contributed by atoms with Crippen molar-refractivity contribution < 1.29 is 22.7 Å². The fourth-order valence-electron chi connectivity index (χ4n) is 0.938. The van der Waals surface area contributed by atoms with E-state index < -0.39 is 22.1 Å². The molecule has 7 heteroatoms. The van der Waals surface area contributed by atoms with Crippen molar-refractivity contribution in [3.8, 4) is 0 Å². The summed E-state index contributed by atoms with van der Waals surface area (Å²) < 4.78 is 37.0. The lowest BCUT2D eigenvalue weighted by Crippen LogP contribution is -2.31. The first kappa shape index (κ1) is 12.3. The van der Waals surface area contributed by atoms with Crippen LogP contribution in [0.4, 0.5) is 0 Å². The summed E-state index contributed by atoms with van der Waals surface area (Å²) >= 11 is 0. The molecule has 82 valence electrons. The molecule has 5 nitrogen and oxygen atoms in total. The third kappa shape index (κ3) is 2.85. The Hall–Kier alpha value is 0.210. The summed E-state index contributed by atoms with van der Waals surface area (Å²) in [5.41, 5.74) is -0.136. The van der Waals surface area contributed by atoms with Crippen molar-refractivity contribution in [1.82, 2.24) is 0 Å². The van der Waals surface area contributed by atoms with Gasteiger partial charge in [-0.1, -0.05) is 13.8 Å². The quantitative estimate of drug-likeness (QED) is 0.709. The van der Waals surface area contributed by atoms with Crippen molar-refractivity contribution in [3.63, 3.8) is 0 Å². The second kappa shape index (κ2) is 4.38. The third-order valence-electron chi connectivity index (χ3n) is 1.91. The van der Waals surface area contributed by atoms with Gasteiger partial charge in [-0.25, -0.2) is 4.57 Å². The van der Waals surface area contributed by atoms with Crippen LogP contribution in [0.25, 0.3) is 0 Å². The molecule has 0 aliphatic carbocycles. The van der Waals surface area contributed by atoms with E-state index in [0.717, 1.165) is 0 Å². The molecule has 0 aromatic rings. The van der Waals surface area contributed by atoms with E-state index >= 15 is 0 Å². The highest BCUT2D eigenvalue weighted by molar-refractivity contribution is 7.54. The number of rotatable bonds is 3. The Labute approximate surface area is 84.9 Å². The van der Waals surface area contributed by atoms with Gasteiger partial charge in [0.1, 0.15) is 0 Å². The molecule has 0 saturated carbocycles. The third-order valence-corrected chi connectivity index (χ3v) is 4.45. The van der Waals surface area contributed by atoms with Gasteiger partial charge in [-0.3, -0.25) is 9.09 Å². The maximum atomic E-state index is 11.9. The summed E-state index contributed by atoms with van der Waals surface area (Å²) in [5, 5.41) is 0. The Morgan fingerprint density at radius 1 is 1.43 bits per heavy atom. The number of hydrogen-bond donors (Lipinski definition) is 0. The van der Waals surface area contributed by atoms with Crippen LogP contribution in [0, 0.1) is 5.41 Å². The molecule has 0 amide bonds. The molecular weight excluding hydrogens is 226 g/mol. The van der Waals surface area contributed by atoms with Gasteiger partial charge in [-0.15, -0.1) is 0 Å². The van der Waals surface area contributed by atoms with Crippen LogP contribution in [0.2, 0.25) is 0 Å². The Balaban J connectivity index is 2.61. The van der Waals surface area contributed by atoms with Gasteiger partial charge in [0.05, 0.1) is 13.2 Å².